The largest absolute Gasteiger partial charge is 0.382 e. The maximum absolute atomic E-state index is 16.4. The Hall–Kier alpha value is -5.20. The number of fused-ring (bicyclic) bond motifs is 2. The second-order valence-electron chi connectivity index (χ2n) is 12.7. The van der Waals surface area contributed by atoms with E-state index in [0.717, 1.165) is 37.1 Å². The third-order valence-electron chi connectivity index (χ3n) is 9.35. The molecule has 12 nitrogen and oxygen atoms in total. The summed E-state index contributed by atoms with van der Waals surface area (Å²) in [5, 5.41) is 7.93. The average molecular weight is 621 g/mol. The molecule has 13 heteroatoms. The Kier molecular flexibility index (Phi) is 6.41. The fourth-order valence-electron chi connectivity index (χ4n) is 7.01. The molecule has 3 N–H and O–H groups in total. The van der Waals surface area contributed by atoms with Gasteiger partial charge in [-0.25, -0.2) is 28.7 Å². The third-order valence-corrected chi connectivity index (χ3v) is 9.35. The number of amides is 1. The van der Waals surface area contributed by atoms with Crippen LogP contribution in [0.1, 0.15) is 62.8 Å². The van der Waals surface area contributed by atoms with Crippen molar-refractivity contribution in [3.63, 3.8) is 0 Å². The quantitative estimate of drug-likeness (QED) is 0.266. The number of carbonyl (C=O) groups excluding carboxylic acids is 1. The molecule has 0 bridgehead atoms. The number of nitrogens with zero attached hydrogens (tertiary/aromatic N) is 8. The molecule has 8 rings (SSSR count). The highest BCUT2D eigenvalue weighted by molar-refractivity contribution is 6.02. The van der Waals surface area contributed by atoms with E-state index < -0.39 is 11.5 Å². The first kappa shape index (κ1) is 28.3. The molecule has 4 aromatic heterocycles. The van der Waals surface area contributed by atoms with E-state index in [9.17, 15) is 9.59 Å². The van der Waals surface area contributed by atoms with Crippen molar-refractivity contribution in [2.24, 2.45) is 0 Å². The summed E-state index contributed by atoms with van der Waals surface area (Å²) in [6.07, 6.45) is 6.74. The lowest BCUT2D eigenvalue weighted by molar-refractivity contribution is -0.130. The fourth-order valence-corrected chi connectivity index (χ4v) is 7.01. The highest BCUT2D eigenvalue weighted by Gasteiger charge is 2.38. The molecular formula is C33H33FN10O2. The Balaban J connectivity index is 1.40. The normalized spacial score (nSPS) is 20.1. The van der Waals surface area contributed by atoms with Crippen molar-refractivity contribution in [2.45, 2.75) is 63.5 Å². The molecule has 3 aliphatic rings. The summed E-state index contributed by atoms with van der Waals surface area (Å²) < 4.78 is 17.9. The van der Waals surface area contributed by atoms with Crippen molar-refractivity contribution >= 4 is 39.5 Å². The Morgan fingerprint density at radius 1 is 1.07 bits per heavy atom. The maximum Gasteiger partial charge on any atom is 0.355 e. The standard InChI is InChI=1S/C33H33FN10O2/c1-4-24(45)43-16(2)13-42(14-17(43)3)31-21-12-22(34)28(20-6-5-7-23-25(20)30(35)41-40-23)38-32(21)44(33(46)39-31)29-26(18-8-9-18)36-15-37-27(29)19-10-11-19/h4-7,12,15-19H,1,8-11,13-14H2,2-3H3,(H3,35,40,41)/t16-,17+. The van der Waals surface area contributed by atoms with Crippen molar-refractivity contribution in [2.75, 3.05) is 23.7 Å². The van der Waals surface area contributed by atoms with Crippen LogP contribution in [0, 0.1) is 5.82 Å². The number of aromatic amines is 1. The van der Waals surface area contributed by atoms with Gasteiger partial charge in [-0.15, -0.1) is 0 Å². The van der Waals surface area contributed by atoms with Crippen molar-refractivity contribution in [3.05, 3.63) is 70.9 Å². The van der Waals surface area contributed by atoms with Gasteiger partial charge in [0.25, 0.3) is 0 Å². The van der Waals surface area contributed by atoms with E-state index >= 15 is 4.39 Å². The highest BCUT2D eigenvalue weighted by Crippen LogP contribution is 2.47. The minimum Gasteiger partial charge on any atom is -0.382 e. The van der Waals surface area contributed by atoms with Crippen LogP contribution in [0.4, 0.5) is 16.0 Å². The molecule has 0 radical (unpaired) electrons. The first-order chi connectivity index (χ1) is 22.2. The van der Waals surface area contributed by atoms with Crippen molar-refractivity contribution < 1.29 is 9.18 Å². The molecule has 2 atom stereocenters. The molecule has 1 saturated heterocycles. The summed E-state index contributed by atoms with van der Waals surface area (Å²) in [4.78, 5) is 49.6. The van der Waals surface area contributed by atoms with E-state index in [4.69, 9.17) is 10.7 Å². The van der Waals surface area contributed by atoms with Gasteiger partial charge in [0.05, 0.1) is 33.4 Å². The molecule has 2 saturated carbocycles. The number of hydrogen-bond acceptors (Lipinski definition) is 9. The van der Waals surface area contributed by atoms with Crippen LogP contribution >= 0.6 is 0 Å². The SMILES string of the molecule is C=CC(=O)N1[C@H](C)CN(c2nc(=O)n(-c3c(C4CC4)ncnc3C3CC3)c3nc(-c4cccc5[nH]nc(N)c45)c(F)cc23)C[C@@H]1C. The van der Waals surface area contributed by atoms with Crippen molar-refractivity contribution in [3.8, 4) is 16.9 Å². The molecule has 1 amide bonds. The van der Waals surface area contributed by atoms with E-state index in [1.807, 2.05) is 24.8 Å². The van der Waals surface area contributed by atoms with E-state index in [-0.39, 0.29) is 47.0 Å². The molecule has 0 unspecified atom stereocenters. The van der Waals surface area contributed by atoms with Crippen LogP contribution in [0.2, 0.25) is 0 Å². The number of piperazine rings is 1. The second-order valence-corrected chi connectivity index (χ2v) is 12.7. The number of nitrogens with two attached hydrogens (primary N) is 1. The van der Waals surface area contributed by atoms with Crippen LogP contribution in [0.15, 0.2) is 48.0 Å². The van der Waals surface area contributed by atoms with E-state index in [1.54, 1.807) is 23.4 Å². The zero-order valence-corrected chi connectivity index (χ0v) is 25.6. The first-order valence-electron chi connectivity index (χ1n) is 15.7. The van der Waals surface area contributed by atoms with Gasteiger partial charge >= 0.3 is 5.69 Å². The molecule has 5 aromatic rings. The summed E-state index contributed by atoms with van der Waals surface area (Å²) in [6.45, 7) is 8.30. The number of hydrogen-bond donors (Lipinski definition) is 2. The predicted octanol–water partition coefficient (Wildman–Crippen LogP) is 4.20. The zero-order valence-electron chi connectivity index (χ0n) is 25.6. The van der Waals surface area contributed by atoms with Crippen LogP contribution in [0.25, 0.3) is 38.9 Å². The number of halogens is 1. The van der Waals surface area contributed by atoms with Crippen LogP contribution in [0.5, 0.6) is 0 Å². The lowest BCUT2D eigenvalue weighted by atomic mass is 10.0. The molecule has 2 aliphatic carbocycles. The van der Waals surface area contributed by atoms with Crippen LogP contribution in [0.3, 0.4) is 0 Å². The van der Waals surface area contributed by atoms with Crippen LogP contribution in [-0.2, 0) is 4.79 Å². The number of nitrogen functional groups attached to an aromatic ring is 1. The third kappa shape index (κ3) is 4.44. The molecular weight excluding hydrogens is 587 g/mol. The van der Waals surface area contributed by atoms with E-state index in [0.29, 0.717) is 46.4 Å². The fraction of sp³-hybridized carbons (Fsp3) is 0.364. The Morgan fingerprint density at radius 3 is 2.37 bits per heavy atom. The second kappa shape index (κ2) is 10.4. The number of carbonyl (C=O) groups is 1. The molecule has 0 spiro atoms. The Labute approximate surface area is 263 Å². The summed E-state index contributed by atoms with van der Waals surface area (Å²) >= 11 is 0. The van der Waals surface area contributed by atoms with Gasteiger partial charge in [-0.05, 0) is 57.7 Å². The zero-order chi connectivity index (χ0) is 31.9. The number of benzene rings is 1. The molecule has 1 aliphatic heterocycles. The number of pyridine rings is 1. The monoisotopic (exact) mass is 620 g/mol. The van der Waals surface area contributed by atoms with Gasteiger partial charge in [0.2, 0.25) is 5.91 Å². The number of aromatic nitrogens is 7. The summed E-state index contributed by atoms with van der Waals surface area (Å²) in [5.74, 6) is 0.185. The molecule has 3 fully saturated rings. The molecule has 234 valence electrons. The highest BCUT2D eigenvalue weighted by atomic mass is 19.1. The van der Waals surface area contributed by atoms with Gasteiger partial charge in [-0.1, -0.05) is 18.7 Å². The van der Waals surface area contributed by atoms with Gasteiger partial charge in [0.1, 0.15) is 23.7 Å². The summed E-state index contributed by atoms with van der Waals surface area (Å²) in [5.41, 5.74) is 9.26. The Bertz CT molecular complexity index is 2090. The maximum atomic E-state index is 16.4. The van der Waals surface area contributed by atoms with E-state index in [2.05, 4.69) is 31.7 Å². The number of anilines is 2. The van der Waals surface area contributed by atoms with E-state index in [1.165, 1.54) is 16.7 Å². The minimum absolute atomic E-state index is 0.0393. The Morgan fingerprint density at radius 2 is 1.74 bits per heavy atom. The summed E-state index contributed by atoms with van der Waals surface area (Å²) in [6, 6.07) is 6.31. The molecule has 46 heavy (non-hydrogen) atoms. The van der Waals surface area contributed by atoms with Gasteiger partial charge in [-0.3, -0.25) is 9.89 Å². The number of rotatable bonds is 6. The van der Waals surface area contributed by atoms with Crippen molar-refractivity contribution in [1.29, 1.82) is 0 Å². The average Bonchev–Trinajstić information content (AvgIpc) is 3.98. The molecule has 5 heterocycles. The smallest absolute Gasteiger partial charge is 0.355 e. The van der Waals surface area contributed by atoms with Gasteiger partial charge in [-0.2, -0.15) is 10.1 Å². The van der Waals surface area contributed by atoms with Gasteiger partial charge in [0.15, 0.2) is 11.5 Å². The van der Waals surface area contributed by atoms with Crippen LogP contribution < -0.4 is 16.3 Å². The molecule has 1 aromatic carbocycles. The lowest BCUT2D eigenvalue weighted by Gasteiger charge is -2.44. The number of H-pyrrole nitrogens is 1. The minimum atomic E-state index is -0.593. The summed E-state index contributed by atoms with van der Waals surface area (Å²) in [7, 11) is 0. The number of nitrogens with one attached hydrogen (secondary N) is 1. The van der Waals surface area contributed by atoms with Crippen molar-refractivity contribution in [1.82, 2.24) is 39.6 Å². The van der Waals surface area contributed by atoms with Gasteiger partial charge in [0, 0.05) is 42.6 Å². The lowest BCUT2D eigenvalue weighted by Crippen LogP contribution is -2.58. The predicted molar refractivity (Wildman–Crippen MR) is 172 cm³/mol. The first-order valence-corrected chi connectivity index (χ1v) is 15.7. The topological polar surface area (TPSA) is 152 Å². The van der Waals surface area contributed by atoms with Crippen LogP contribution in [-0.4, -0.2) is 70.7 Å². The van der Waals surface area contributed by atoms with Gasteiger partial charge < -0.3 is 15.5 Å².